The molecule has 2 aliphatic heterocycles. The third-order valence-electron chi connectivity index (χ3n) is 2.07. The van der Waals surface area contributed by atoms with Crippen molar-refractivity contribution in [2.75, 3.05) is 13.2 Å². The SMILES string of the molecule is N[C@H]1CO[C@@H]2[C@H]1OC[C@@H]2O. The molecule has 2 rings (SSSR count). The average Bonchev–Trinajstić information content (AvgIpc) is 2.41. The van der Waals surface area contributed by atoms with E-state index < -0.39 is 6.10 Å². The van der Waals surface area contributed by atoms with Crippen LogP contribution in [0.4, 0.5) is 0 Å². The van der Waals surface area contributed by atoms with Gasteiger partial charge in [-0.2, -0.15) is 0 Å². The highest BCUT2D eigenvalue weighted by Crippen LogP contribution is 2.25. The summed E-state index contributed by atoms with van der Waals surface area (Å²) in [6.45, 7) is 0.870. The number of ether oxygens (including phenoxy) is 2. The van der Waals surface area contributed by atoms with Gasteiger partial charge in [0.05, 0.1) is 19.3 Å². The quantitative estimate of drug-likeness (QED) is 0.434. The van der Waals surface area contributed by atoms with E-state index in [9.17, 15) is 5.11 Å². The summed E-state index contributed by atoms with van der Waals surface area (Å²) < 4.78 is 10.4. The zero-order chi connectivity index (χ0) is 7.14. The van der Waals surface area contributed by atoms with E-state index in [1.165, 1.54) is 0 Å². The van der Waals surface area contributed by atoms with Crippen LogP contribution in [0.5, 0.6) is 0 Å². The van der Waals surface area contributed by atoms with Crippen molar-refractivity contribution in [3.05, 3.63) is 0 Å². The Morgan fingerprint density at radius 1 is 1.20 bits per heavy atom. The van der Waals surface area contributed by atoms with E-state index >= 15 is 0 Å². The first-order chi connectivity index (χ1) is 4.79. The highest BCUT2D eigenvalue weighted by Gasteiger charge is 2.45. The molecular formula is C6H11NO3. The molecule has 2 saturated heterocycles. The average molecular weight is 145 g/mol. The topological polar surface area (TPSA) is 64.7 Å². The Kier molecular flexibility index (Phi) is 1.42. The van der Waals surface area contributed by atoms with Crippen molar-refractivity contribution in [2.45, 2.75) is 24.4 Å². The number of hydrogen-bond acceptors (Lipinski definition) is 4. The van der Waals surface area contributed by atoms with E-state index in [2.05, 4.69) is 0 Å². The van der Waals surface area contributed by atoms with Crippen LogP contribution < -0.4 is 5.73 Å². The number of rotatable bonds is 0. The Labute approximate surface area is 58.9 Å². The maximum absolute atomic E-state index is 9.21. The first-order valence-corrected chi connectivity index (χ1v) is 3.46. The molecule has 2 fully saturated rings. The summed E-state index contributed by atoms with van der Waals surface area (Å²) in [5.41, 5.74) is 5.62. The van der Waals surface area contributed by atoms with Gasteiger partial charge < -0.3 is 20.3 Å². The summed E-state index contributed by atoms with van der Waals surface area (Å²) in [6.07, 6.45) is -0.719. The molecular weight excluding hydrogens is 134 g/mol. The fourth-order valence-electron chi connectivity index (χ4n) is 1.51. The van der Waals surface area contributed by atoms with Crippen molar-refractivity contribution >= 4 is 0 Å². The van der Waals surface area contributed by atoms with Gasteiger partial charge in [-0.1, -0.05) is 0 Å². The van der Waals surface area contributed by atoms with E-state index in [1.807, 2.05) is 0 Å². The fourth-order valence-corrected chi connectivity index (χ4v) is 1.51. The van der Waals surface area contributed by atoms with E-state index in [-0.39, 0.29) is 18.2 Å². The Hall–Kier alpha value is -0.160. The largest absolute Gasteiger partial charge is 0.388 e. The molecule has 0 aromatic carbocycles. The minimum Gasteiger partial charge on any atom is -0.388 e. The van der Waals surface area contributed by atoms with Crippen LogP contribution in [0.25, 0.3) is 0 Å². The molecule has 2 heterocycles. The van der Waals surface area contributed by atoms with Crippen LogP contribution in [0, 0.1) is 0 Å². The van der Waals surface area contributed by atoms with Crippen LogP contribution in [0.1, 0.15) is 0 Å². The van der Waals surface area contributed by atoms with Crippen LogP contribution in [-0.4, -0.2) is 42.7 Å². The second-order valence-corrected chi connectivity index (χ2v) is 2.83. The van der Waals surface area contributed by atoms with Gasteiger partial charge in [0.15, 0.2) is 0 Å². The third-order valence-corrected chi connectivity index (χ3v) is 2.07. The first kappa shape index (κ1) is 6.54. The summed E-state index contributed by atoms with van der Waals surface area (Å²) in [5, 5.41) is 9.21. The maximum atomic E-state index is 9.21. The van der Waals surface area contributed by atoms with Crippen molar-refractivity contribution < 1.29 is 14.6 Å². The van der Waals surface area contributed by atoms with E-state index in [0.29, 0.717) is 13.2 Å². The summed E-state index contributed by atoms with van der Waals surface area (Å²) in [5.74, 6) is 0. The molecule has 0 aliphatic carbocycles. The predicted octanol–water partition coefficient (Wildman–Crippen LogP) is -1.53. The second kappa shape index (κ2) is 2.17. The van der Waals surface area contributed by atoms with Crippen molar-refractivity contribution in [2.24, 2.45) is 5.73 Å². The summed E-state index contributed by atoms with van der Waals surface area (Å²) >= 11 is 0. The first-order valence-electron chi connectivity index (χ1n) is 3.46. The van der Waals surface area contributed by atoms with Gasteiger partial charge in [0.2, 0.25) is 0 Å². The van der Waals surface area contributed by atoms with Crippen molar-refractivity contribution in [3.8, 4) is 0 Å². The molecule has 4 nitrogen and oxygen atoms in total. The van der Waals surface area contributed by atoms with E-state index in [4.69, 9.17) is 15.2 Å². The van der Waals surface area contributed by atoms with Crippen LogP contribution in [0.2, 0.25) is 0 Å². The van der Waals surface area contributed by atoms with Gasteiger partial charge >= 0.3 is 0 Å². The number of aliphatic hydroxyl groups is 1. The van der Waals surface area contributed by atoms with Crippen molar-refractivity contribution in [3.63, 3.8) is 0 Å². The minimum absolute atomic E-state index is 0.0536. The van der Waals surface area contributed by atoms with Gasteiger partial charge in [0.1, 0.15) is 18.3 Å². The lowest BCUT2D eigenvalue weighted by atomic mass is 10.1. The molecule has 0 aromatic rings. The summed E-state index contributed by atoms with van der Waals surface area (Å²) in [7, 11) is 0. The lowest BCUT2D eigenvalue weighted by Crippen LogP contribution is -2.36. The second-order valence-electron chi connectivity index (χ2n) is 2.83. The molecule has 4 heteroatoms. The monoisotopic (exact) mass is 145 g/mol. The number of nitrogens with two attached hydrogens (primary N) is 1. The van der Waals surface area contributed by atoms with Gasteiger partial charge in [-0.15, -0.1) is 0 Å². The third kappa shape index (κ3) is 0.769. The van der Waals surface area contributed by atoms with Crippen LogP contribution in [-0.2, 0) is 9.47 Å². The van der Waals surface area contributed by atoms with E-state index in [0.717, 1.165) is 0 Å². The Morgan fingerprint density at radius 3 is 2.60 bits per heavy atom. The van der Waals surface area contributed by atoms with Gasteiger partial charge in [0.25, 0.3) is 0 Å². The standard InChI is InChI=1S/C6H11NO3/c7-3-1-9-6-4(8)2-10-5(3)6/h3-6,8H,1-2,7H2/t3-,4-,5-,6-/m0/s1. The minimum atomic E-state index is -0.474. The van der Waals surface area contributed by atoms with Gasteiger partial charge in [-0.3, -0.25) is 0 Å². The van der Waals surface area contributed by atoms with Crippen LogP contribution in [0.15, 0.2) is 0 Å². The molecule has 0 radical (unpaired) electrons. The lowest BCUT2D eigenvalue weighted by molar-refractivity contribution is 0.0182. The summed E-state index contributed by atoms with van der Waals surface area (Å²) in [6, 6.07) is -0.0536. The molecule has 0 amide bonds. The van der Waals surface area contributed by atoms with Gasteiger partial charge in [0, 0.05) is 0 Å². The molecule has 0 aromatic heterocycles. The normalized spacial score (nSPS) is 53.4. The predicted molar refractivity (Wildman–Crippen MR) is 33.5 cm³/mol. The molecule has 0 unspecified atom stereocenters. The molecule has 2 aliphatic rings. The van der Waals surface area contributed by atoms with Crippen LogP contribution >= 0.6 is 0 Å². The molecule has 10 heavy (non-hydrogen) atoms. The highest BCUT2D eigenvalue weighted by molar-refractivity contribution is 4.95. The number of aliphatic hydroxyl groups excluding tert-OH is 1. The fraction of sp³-hybridized carbons (Fsp3) is 1.00. The molecule has 0 saturated carbocycles. The molecule has 0 bridgehead atoms. The summed E-state index contributed by atoms with van der Waals surface area (Å²) in [4.78, 5) is 0. The van der Waals surface area contributed by atoms with Crippen molar-refractivity contribution in [1.29, 1.82) is 0 Å². The van der Waals surface area contributed by atoms with Gasteiger partial charge in [-0.25, -0.2) is 0 Å². The zero-order valence-corrected chi connectivity index (χ0v) is 5.56. The Morgan fingerprint density at radius 2 is 1.90 bits per heavy atom. The highest BCUT2D eigenvalue weighted by atomic mass is 16.6. The van der Waals surface area contributed by atoms with E-state index in [1.54, 1.807) is 0 Å². The smallest absolute Gasteiger partial charge is 0.113 e. The van der Waals surface area contributed by atoms with Crippen molar-refractivity contribution in [1.82, 2.24) is 0 Å². The lowest BCUT2D eigenvalue weighted by Gasteiger charge is -2.10. The molecule has 58 valence electrons. The molecule has 3 N–H and O–H groups in total. The van der Waals surface area contributed by atoms with Gasteiger partial charge in [-0.05, 0) is 0 Å². The Balaban J connectivity index is 2.09. The Bertz CT molecular complexity index is 125. The number of hydrogen-bond donors (Lipinski definition) is 2. The molecule has 0 spiro atoms. The van der Waals surface area contributed by atoms with Crippen LogP contribution in [0.3, 0.4) is 0 Å². The maximum Gasteiger partial charge on any atom is 0.113 e. The number of fused-ring (bicyclic) bond motifs is 1. The zero-order valence-electron chi connectivity index (χ0n) is 5.56. The molecule has 4 atom stereocenters.